The molecule has 1 aliphatic carbocycles. The smallest absolute Gasteiger partial charge is 0.290 e. The number of amides is 2. The highest BCUT2D eigenvalue weighted by molar-refractivity contribution is 5.96. The van der Waals surface area contributed by atoms with E-state index in [-0.39, 0.29) is 35.6 Å². The summed E-state index contributed by atoms with van der Waals surface area (Å²) in [6.07, 6.45) is 2.41. The van der Waals surface area contributed by atoms with Crippen LogP contribution in [-0.2, 0) is 11.2 Å². The van der Waals surface area contributed by atoms with Gasteiger partial charge in [-0.15, -0.1) is 0 Å². The Morgan fingerprint density at radius 2 is 1.85 bits per heavy atom. The molecule has 2 aliphatic rings. The third kappa shape index (κ3) is 4.14. The van der Waals surface area contributed by atoms with Crippen molar-refractivity contribution in [2.75, 3.05) is 6.54 Å². The largest absolute Gasteiger partial charge is 0.456 e. The summed E-state index contributed by atoms with van der Waals surface area (Å²) < 4.78 is 5.80. The molecule has 0 spiro atoms. The van der Waals surface area contributed by atoms with Crippen LogP contribution >= 0.6 is 0 Å². The molecule has 6 nitrogen and oxygen atoms in total. The van der Waals surface area contributed by atoms with E-state index in [1.165, 1.54) is 11.1 Å². The topological polar surface area (TPSA) is 88.6 Å². The van der Waals surface area contributed by atoms with Gasteiger partial charge >= 0.3 is 0 Å². The van der Waals surface area contributed by atoms with Crippen LogP contribution in [0.15, 0.2) is 65.1 Å². The summed E-state index contributed by atoms with van der Waals surface area (Å²) >= 11 is 0. The van der Waals surface area contributed by atoms with Gasteiger partial charge in [-0.1, -0.05) is 54.6 Å². The van der Waals surface area contributed by atoms with E-state index >= 15 is 0 Å². The molecule has 0 radical (unpaired) electrons. The molecule has 1 saturated heterocycles. The highest BCUT2D eigenvalue weighted by Crippen LogP contribution is 2.36. The Bertz CT molecular complexity index is 1200. The van der Waals surface area contributed by atoms with Gasteiger partial charge in [-0.3, -0.25) is 9.59 Å². The minimum atomic E-state index is -0.561. The Labute approximate surface area is 200 Å². The van der Waals surface area contributed by atoms with Crippen LogP contribution in [0.25, 0.3) is 0 Å². The van der Waals surface area contributed by atoms with Crippen LogP contribution in [0.5, 0.6) is 0 Å². The van der Waals surface area contributed by atoms with Gasteiger partial charge in [0.15, 0.2) is 5.76 Å². The zero-order valence-corrected chi connectivity index (χ0v) is 19.7. The number of furan rings is 1. The van der Waals surface area contributed by atoms with Crippen molar-refractivity contribution in [3.05, 3.63) is 94.4 Å². The number of hydrogen-bond acceptors (Lipinski definition) is 4. The number of hydrogen-bond donors (Lipinski definition) is 2. The number of nitrogens with zero attached hydrogens (tertiary/aromatic N) is 1. The average Bonchev–Trinajstić information content (AvgIpc) is 3.56. The summed E-state index contributed by atoms with van der Waals surface area (Å²) in [5.41, 5.74) is 10.4. The van der Waals surface area contributed by atoms with Crippen LogP contribution in [0.2, 0.25) is 0 Å². The minimum Gasteiger partial charge on any atom is -0.456 e. The molecule has 4 atom stereocenters. The Hall–Kier alpha value is -3.38. The van der Waals surface area contributed by atoms with Crippen LogP contribution in [-0.4, -0.2) is 29.3 Å². The summed E-state index contributed by atoms with van der Waals surface area (Å²) in [7, 11) is 0. The zero-order chi connectivity index (χ0) is 23.8. The van der Waals surface area contributed by atoms with Gasteiger partial charge in [-0.2, -0.15) is 0 Å². The van der Waals surface area contributed by atoms with E-state index < -0.39 is 6.04 Å². The van der Waals surface area contributed by atoms with E-state index in [1.807, 2.05) is 44.2 Å². The second-order valence-electron chi connectivity index (χ2n) is 9.53. The molecule has 2 heterocycles. The quantitative estimate of drug-likeness (QED) is 0.594. The minimum absolute atomic E-state index is 0.0213. The molecule has 1 aliphatic heterocycles. The number of rotatable bonds is 5. The monoisotopic (exact) mass is 457 g/mol. The average molecular weight is 458 g/mol. The molecule has 3 aromatic rings. The summed E-state index contributed by atoms with van der Waals surface area (Å²) in [5.74, 6) is 0.591. The Balaban J connectivity index is 1.41. The number of likely N-dealkylation sites (tertiary alicyclic amines) is 1. The van der Waals surface area contributed by atoms with E-state index in [1.54, 1.807) is 11.0 Å². The van der Waals surface area contributed by atoms with Crippen LogP contribution in [0, 0.1) is 6.92 Å². The predicted octanol–water partition coefficient (Wildman–Crippen LogP) is 4.41. The van der Waals surface area contributed by atoms with Gasteiger partial charge in [0.2, 0.25) is 5.91 Å². The van der Waals surface area contributed by atoms with E-state index in [0.29, 0.717) is 18.7 Å². The van der Waals surface area contributed by atoms with Crippen molar-refractivity contribution in [3.8, 4) is 0 Å². The van der Waals surface area contributed by atoms with E-state index in [4.69, 9.17) is 10.2 Å². The van der Waals surface area contributed by atoms with Crippen molar-refractivity contribution in [2.24, 2.45) is 5.73 Å². The Morgan fingerprint density at radius 3 is 2.59 bits per heavy atom. The number of fused-ring (bicyclic) bond motifs is 1. The first-order valence-corrected chi connectivity index (χ1v) is 12.0. The second-order valence-corrected chi connectivity index (χ2v) is 9.53. The summed E-state index contributed by atoms with van der Waals surface area (Å²) in [4.78, 5) is 28.8. The fourth-order valence-corrected chi connectivity index (χ4v) is 5.45. The van der Waals surface area contributed by atoms with Gasteiger partial charge in [0.1, 0.15) is 11.8 Å². The molecule has 4 unspecified atom stereocenters. The molecule has 0 bridgehead atoms. The fraction of sp³-hybridized carbons (Fsp3) is 0.357. The standard InChI is InChI=1S/C28H31N3O3/c1-17(29)23-15-26(34-18(23)2)28(33)31-16-21(19-8-4-3-5-9-19)14-25(31)27(32)30-24-13-12-20-10-6-7-11-22(20)24/h3-11,15,17,21,24-25H,12-14,16,29H2,1-2H3,(H,30,32). The van der Waals surface area contributed by atoms with E-state index in [2.05, 4.69) is 29.6 Å². The Kier molecular flexibility index (Phi) is 6.00. The zero-order valence-electron chi connectivity index (χ0n) is 19.7. The van der Waals surface area contributed by atoms with Crippen molar-refractivity contribution in [3.63, 3.8) is 0 Å². The fourth-order valence-electron chi connectivity index (χ4n) is 5.45. The molecular formula is C28H31N3O3. The lowest BCUT2D eigenvalue weighted by molar-refractivity contribution is -0.125. The third-order valence-electron chi connectivity index (χ3n) is 7.24. The number of aryl methyl sites for hydroxylation is 2. The maximum atomic E-state index is 13.6. The normalized spacial score (nSPS) is 22.4. The molecule has 1 aromatic heterocycles. The van der Waals surface area contributed by atoms with E-state index in [9.17, 15) is 9.59 Å². The first-order chi connectivity index (χ1) is 16.4. The third-order valence-corrected chi connectivity index (χ3v) is 7.24. The first kappa shape index (κ1) is 22.4. The molecule has 6 heteroatoms. The summed E-state index contributed by atoms with van der Waals surface area (Å²) in [5, 5.41) is 3.24. The SMILES string of the molecule is Cc1oc(C(=O)N2CC(c3ccccc3)CC2C(=O)NC2CCc3ccccc32)cc1C(C)N. The highest BCUT2D eigenvalue weighted by Gasteiger charge is 2.42. The molecule has 2 amide bonds. The van der Waals surface area contributed by atoms with Crippen LogP contribution in [0.4, 0.5) is 0 Å². The van der Waals surface area contributed by atoms with Crippen molar-refractivity contribution >= 4 is 11.8 Å². The molecule has 34 heavy (non-hydrogen) atoms. The van der Waals surface area contributed by atoms with Gasteiger partial charge in [0, 0.05) is 24.1 Å². The number of nitrogens with one attached hydrogen (secondary N) is 1. The maximum Gasteiger partial charge on any atom is 0.290 e. The van der Waals surface area contributed by atoms with Crippen LogP contribution in [0.1, 0.15) is 76.3 Å². The van der Waals surface area contributed by atoms with Crippen molar-refractivity contribution in [1.29, 1.82) is 0 Å². The highest BCUT2D eigenvalue weighted by atomic mass is 16.4. The lowest BCUT2D eigenvalue weighted by Crippen LogP contribution is -2.46. The molecule has 176 valence electrons. The van der Waals surface area contributed by atoms with Gasteiger partial charge in [-0.05, 0) is 55.9 Å². The first-order valence-electron chi connectivity index (χ1n) is 12.0. The Morgan fingerprint density at radius 1 is 1.12 bits per heavy atom. The molecule has 2 aromatic carbocycles. The maximum absolute atomic E-state index is 13.6. The molecule has 1 fully saturated rings. The van der Waals surface area contributed by atoms with Crippen molar-refractivity contribution in [2.45, 2.75) is 57.2 Å². The summed E-state index contributed by atoms with van der Waals surface area (Å²) in [6, 6.07) is 19.2. The molecule has 3 N–H and O–H groups in total. The molecule has 5 rings (SSSR count). The van der Waals surface area contributed by atoms with Crippen LogP contribution in [0.3, 0.4) is 0 Å². The lowest BCUT2D eigenvalue weighted by Gasteiger charge is -2.25. The van der Waals surface area contributed by atoms with E-state index in [0.717, 1.165) is 24.0 Å². The van der Waals surface area contributed by atoms with Crippen molar-refractivity contribution in [1.82, 2.24) is 10.2 Å². The molecular weight excluding hydrogens is 426 g/mol. The van der Waals surface area contributed by atoms with Gasteiger partial charge in [0.25, 0.3) is 5.91 Å². The predicted molar refractivity (Wildman–Crippen MR) is 130 cm³/mol. The van der Waals surface area contributed by atoms with Crippen molar-refractivity contribution < 1.29 is 14.0 Å². The van der Waals surface area contributed by atoms with Gasteiger partial charge in [0.05, 0.1) is 6.04 Å². The number of nitrogens with two attached hydrogens (primary N) is 1. The lowest BCUT2D eigenvalue weighted by atomic mass is 9.96. The molecule has 0 saturated carbocycles. The van der Waals surface area contributed by atoms with Gasteiger partial charge in [-0.25, -0.2) is 0 Å². The van der Waals surface area contributed by atoms with Gasteiger partial charge < -0.3 is 20.4 Å². The number of carbonyl (C=O) groups is 2. The number of carbonyl (C=O) groups excluding carboxylic acids is 2. The summed E-state index contributed by atoms with van der Waals surface area (Å²) in [6.45, 7) is 4.15. The van der Waals surface area contributed by atoms with Crippen LogP contribution < -0.4 is 11.1 Å². The second kappa shape index (κ2) is 9.11. The number of benzene rings is 2.